The van der Waals surface area contributed by atoms with Crippen LogP contribution in [-0.4, -0.2) is 88.4 Å². The molecule has 2 saturated heterocycles. The Hall–Kier alpha value is -4.61. The highest BCUT2D eigenvalue weighted by atomic mass is 16.5. The fourth-order valence-corrected chi connectivity index (χ4v) is 7.17. The SMILES string of the molecule is CC(C)Oc1nn(C2CCC(N3[C@@H]4CC[C@H]3COC4)CC2)cc1Nc1ncc(-c2ccc(C#N)c(O[C@@H](C)Cn3cnnn3)c2)cn1. The summed E-state index contributed by atoms with van der Waals surface area (Å²) in [6, 6.07) is 9.78. The van der Waals surface area contributed by atoms with E-state index >= 15 is 0 Å². The average Bonchev–Trinajstić information content (AvgIpc) is 3.79. The quantitative estimate of drug-likeness (QED) is 0.245. The third-order valence-electron chi connectivity index (χ3n) is 9.30. The van der Waals surface area contributed by atoms with Crippen LogP contribution in [0.4, 0.5) is 11.6 Å². The summed E-state index contributed by atoms with van der Waals surface area (Å²) >= 11 is 0. The molecule has 0 radical (unpaired) electrons. The lowest BCUT2D eigenvalue weighted by Gasteiger charge is -2.43. The zero-order chi connectivity index (χ0) is 32.3. The molecule has 0 amide bonds. The van der Waals surface area contributed by atoms with Gasteiger partial charge in [-0.05, 0) is 87.4 Å². The second kappa shape index (κ2) is 13.6. The molecular formula is C33H41N11O3. The molecule has 5 heterocycles. The average molecular weight is 640 g/mol. The number of aromatic nitrogens is 8. The van der Waals surface area contributed by atoms with Crippen molar-refractivity contribution < 1.29 is 14.2 Å². The van der Waals surface area contributed by atoms with Gasteiger partial charge in [-0.2, -0.15) is 5.26 Å². The number of nitriles is 1. The molecule has 1 N–H and O–H groups in total. The smallest absolute Gasteiger partial charge is 0.257 e. The molecule has 1 aliphatic carbocycles. The number of hydrogen-bond donors (Lipinski definition) is 1. The standard InChI is InChI=1S/C33H41N11O3/c1-21(2)46-32-30(17-43(39-32)26-6-8-27(9-7-26)44-28-10-11-29(44)19-45-18-28)38-33-35-14-25(15-36-33)23-4-5-24(13-34)31(12-23)47-22(3)16-42-20-37-40-41-42/h4-5,12,14-15,17,20-22,26-29H,6-11,16,18-19H2,1-3H3,(H,35,36,38)/t22-,26?,27?,28-,29+/m0/s1. The Morgan fingerprint density at radius 2 is 1.68 bits per heavy atom. The molecule has 2 bridgehead atoms. The van der Waals surface area contributed by atoms with Crippen molar-refractivity contribution in [1.82, 2.24) is 44.9 Å². The summed E-state index contributed by atoms with van der Waals surface area (Å²) in [7, 11) is 0. The van der Waals surface area contributed by atoms with E-state index in [0.29, 0.717) is 53.9 Å². The Labute approximate surface area is 274 Å². The highest BCUT2D eigenvalue weighted by Crippen LogP contribution is 2.39. The Balaban J connectivity index is 1.02. The number of tetrazole rings is 1. The van der Waals surface area contributed by atoms with Gasteiger partial charge in [0.05, 0.1) is 43.7 Å². The van der Waals surface area contributed by atoms with Crippen LogP contribution in [0.5, 0.6) is 11.6 Å². The Bertz CT molecular complexity index is 1660. The number of hydrogen-bond acceptors (Lipinski definition) is 12. The molecule has 1 aromatic carbocycles. The Morgan fingerprint density at radius 3 is 2.36 bits per heavy atom. The largest absolute Gasteiger partial charge is 0.487 e. The molecule has 0 spiro atoms. The van der Waals surface area contributed by atoms with Gasteiger partial charge in [-0.3, -0.25) is 9.58 Å². The molecule has 3 atom stereocenters. The Morgan fingerprint density at radius 1 is 0.957 bits per heavy atom. The summed E-state index contributed by atoms with van der Waals surface area (Å²) in [5.41, 5.74) is 2.80. The van der Waals surface area contributed by atoms with E-state index in [0.717, 1.165) is 42.9 Å². The molecule has 3 aromatic heterocycles. The topological polar surface area (TPSA) is 154 Å². The molecular weight excluding hydrogens is 598 g/mol. The van der Waals surface area contributed by atoms with E-state index in [1.807, 2.05) is 39.1 Å². The number of ether oxygens (including phenoxy) is 3. The van der Waals surface area contributed by atoms with E-state index in [1.165, 1.54) is 32.0 Å². The molecule has 0 unspecified atom stereocenters. The van der Waals surface area contributed by atoms with Crippen LogP contribution >= 0.6 is 0 Å². The van der Waals surface area contributed by atoms with Crippen molar-refractivity contribution in [2.24, 2.45) is 0 Å². The molecule has 14 heteroatoms. The van der Waals surface area contributed by atoms with Crippen LogP contribution in [0.3, 0.4) is 0 Å². The Kier molecular flexibility index (Phi) is 8.99. The molecule has 14 nitrogen and oxygen atoms in total. The minimum Gasteiger partial charge on any atom is -0.487 e. The summed E-state index contributed by atoms with van der Waals surface area (Å²) in [5.74, 6) is 1.46. The maximum absolute atomic E-state index is 9.65. The molecule has 2 aliphatic heterocycles. The molecule has 7 rings (SSSR count). The molecule has 3 aliphatic rings. The second-order valence-corrected chi connectivity index (χ2v) is 13.0. The highest BCUT2D eigenvalue weighted by Gasteiger charge is 2.42. The number of rotatable bonds is 11. The maximum Gasteiger partial charge on any atom is 0.257 e. The van der Waals surface area contributed by atoms with Crippen LogP contribution in [0.15, 0.2) is 43.1 Å². The minimum atomic E-state index is -0.262. The van der Waals surface area contributed by atoms with E-state index in [4.69, 9.17) is 19.3 Å². The fourth-order valence-electron chi connectivity index (χ4n) is 7.17. The number of benzene rings is 1. The molecule has 246 valence electrons. The summed E-state index contributed by atoms with van der Waals surface area (Å²) in [5, 5.41) is 29.1. The van der Waals surface area contributed by atoms with Crippen LogP contribution < -0.4 is 14.8 Å². The lowest BCUT2D eigenvalue weighted by molar-refractivity contribution is -0.0458. The van der Waals surface area contributed by atoms with Gasteiger partial charge in [0.15, 0.2) is 0 Å². The van der Waals surface area contributed by atoms with Crippen LogP contribution in [0.2, 0.25) is 0 Å². The second-order valence-electron chi connectivity index (χ2n) is 13.0. The van der Waals surface area contributed by atoms with Crippen molar-refractivity contribution in [1.29, 1.82) is 5.26 Å². The van der Waals surface area contributed by atoms with Crippen molar-refractivity contribution in [3.05, 3.63) is 48.7 Å². The lowest BCUT2D eigenvalue weighted by Crippen LogP contribution is -2.52. The normalized spacial score (nSPS) is 23.4. The van der Waals surface area contributed by atoms with Crippen molar-refractivity contribution in [2.75, 3.05) is 18.5 Å². The third-order valence-corrected chi connectivity index (χ3v) is 9.30. The van der Waals surface area contributed by atoms with Gasteiger partial charge in [0, 0.05) is 36.1 Å². The first-order valence-corrected chi connectivity index (χ1v) is 16.6. The van der Waals surface area contributed by atoms with Crippen LogP contribution in [0.25, 0.3) is 11.1 Å². The van der Waals surface area contributed by atoms with Crippen molar-refractivity contribution >= 4 is 11.6 Å². The highest BCUT2D eigenvalue weighted by molar-refractivity contribution is 5.67. The number of nitrogens with zero attached hydrogens (tertiary/aromatic N) is 10. The first-order valence-electron chi connectivity index (χ1n) is 16.6. The molecule has 47 heavy (non-hydrogen) atoms. The van der Waals surface area contributed by atoms with Gasteiger partial charge in [-0.1, -0.05) is 6.07 Å². The third kappa shape index (κ3) is 6.91. The number of morpholine rings is 1. The summed E-state index contributed by atoms with van der Waals surface area (Å²) in [6.45, 7) is 8.11. The zero-order valence-corrected chi connectivity index (χ0v) is 27.1. The van der Waals surface area contributed by atoms with E-state index in [-0.39, 0.29) is 12.2 Å². The van der Waals surface area contributed by atoms with Crippen LogP contribution in [0, 0.1) is 11.3 Å². The van der Waals surface area contributed by atoms with Crippen molar-refractivity contribution in [3.63, 3.8) is 0 Å². The van der Waals surface area contributed by atoms with Gasteiger partial charge >= 0.3 is 0 Å². The van der Waals surface area contributed by atoms with E-state index < -0.39 is 0 Å². The van der Waals surface area contributed by atoms with Crippen LogP contribution in [-0.2, 0) is 11.3 Å². The predicted molar refractivity (Wildman–Crippen MR) is 172 cm³/mol. The first kappa shape index (κ1) is 31.0. The fraction of sp³-hybridized carbons (Fsp3) is 0.545. The lowest BCUT2D eigenvalue weighted by atomic mass is 9.89. The van der Waals surface area contributed by atoms with E-state index in [2.05, 4.69) is 46.5 Å². The monoisotopic (exact) mass is 639 g/mol. The van der Waals surface area contributed by atoms with Crippen LogP contribution in [0.1, 0.15) is 70.9 Å². The molecule has 4 aromatic rings. The number of fused-ring (bicyclic) bond motifs is 2. The van der Waals surface area contributed by atoms with Crippen molar-refractivity contribution in [2.45, 2.75) is 102 Å². The van der Waals surface area contributed by atoms with Gasteiger partial charge in [-0.25, -0.2) is 14.6 Å². The molecule has 3 fully saturated rings. The zero-order valence-electron chi connectivity index (χ0n) is 27.1. The summed E-state index contributed by atoms with van der Waals surface area (Å²) in [4.78, 5) is 12.0. The van der Waals surface area contributed by atoms with E-state index in [9.17, 15) is 5.26 Å². The van der Waals surface area contributed by atoms with Gasteiger partial charge in [0.1, 0.15) is 29.9 Å². The van der Waals surface area contributed by atoms with E-state index in [1.54, 1.807) is 23.1 Å². The number of anilines is 2. The van der Waals surface area contributed by atoms with Gasteiger partial charge in [0.25, 0.3) is 5.88 Å². The minimum absolute atomic E-state index is 0.0295. The molecule has 1 saturated carbocycles. The summed E-state index contributed by atoms with van der Waals surface area (Å²) in [6.07, 6.45) is 13.8. The van der Waals surface area contributed by atoms with Gasteiger partial charge < -0.3 is 19.5 Å². The first-order chi connectivity index (χ1) is 22.9. The summed E-state index contributed by atoms with van der Waals surface area (Å²) < 4.78 is 21.7. The maximum atomic E-state index is 9.65. The van der Waals surface area contributed by atoms with Gasteiger partial charge in [0.2, 0.25) is 5.95 Å². The predicted octanol–water partition coefficient (Wildman–Crippen LogP) is 4.54. The van der Waals surface area contributed by atoms with Crippen molar-refractivity contribution in [3.8, 4) is 28.8 Å². The number of nitrogens with one attached hydrogen (secondary N) is 1. The van der Waals surface area contributed by atoms with Gasteiger partial charge in [-0.15, -0.1) is 10.2 Å².